The van der Waals surface area contributed by atoms with Crippen molar-refractivity contribution in [3.63, 3.8) is 0 Å². The SMILES string of the molecule is CN(C)c1ccc(CNC(=O)C2C3CCC(C3)C2N)cc1. The molecule has 2 fully saturated rings. The maximum Gasteiger partial charge on any atom is 0.225 e. The van der Waals surface area contributed by atoms with E-state index in [1.54, 1.807) is 0 Å². The van der Waals surface area contributed by atoms with Gasteiger partial charge >= 0.3 is 0 Å². The van der Waals surface area contributed by atoms with Gasteiger partial charge in [0.15, 0.2) is 0 Å². The monoisotopic (exact) mass is 287 g/mol. The van der Waals surface area contributed by atoms with Crippen molar-refractivity contribution in [3.8, 4) is 0 Å². The van der Waals surface area contributed by atoms with E-state index >= 15 is 0 Å². The van der Waals surface area contributed by atoms with Gasteiger partial charge in [-0.3, -0.25) is 4.79 Å². The summed E-state index contributed by atoms with van der Waals surface area (Å²) in [7, 11) is 4.04. The molecule has 1 aromatic rings. The van der Waals surface area contributed by atoms with E-state index in [4.69, 9.17) is 5.73 Å². The Morgan fingerprint density at radius 1 is 1.24 bits per heavy atom. The van der Waals surface area contributed by atoms with Crippen molar-refractivity contribution in [1.29, 1.82) is 0 Å². The second kappa shape index (κ2) is 5.68. The summed E-state index contributed by atoms with van der Waals surface area (Å²) >= 11 is 0. The van der Waals surface area contributed by atoms with Crippen LogP contribution in [0.15, 0.2) is 24.3 Å². The van der Waals surface area contributed by atoms with Crippen molar-refractivity contribution in [3.05, 3.63) is 29.8 Å². The fraction of sp³-hybridized carbons (Fsp3) is 0.588. The van der Waals surface area contributed by atoms with E-state index in [1.165, 1.54) is 18.5 Å². The fourth-order valence-corrected chi connectivity index (χ4v) is 3.94. The number of anilines is 1. The van der Waals surface area contributed by atoms with E-state index in [2.05, 4.69) is 34.5 Å². The van der Waals surface area contributed by atoms with E-state index in [9.17, 15) is 4.79 Å². The Balaban J connectivity index is 1.56. The molecule has 4 nitrogen and oxygen atoms in total. The van der Waals surface area contributed by atoms with Crippen LogP contribution < -0.4 is 16.0 Å². The Bertz CT molecular complexity index is 509. The average molecular weight is 287 g/mol. The molecule has 0 heterocycles. The standard InChI is InChI=1S/C17H25N3O/c1-20(2)14-7-3-11(4-8-14)10-19-17(21)15-12-5-6-13(9-12)16(15)18/h3-4,7-8,12-13,15-16H,5-6,9-10,18H2,1-2H3,(H,19,21). The van der Waals surface area contributed by atoms with Gasteiger partial charge in [0, 0.05) is 32.4 Å². The van der Waals surface area contributed by atoms with Crippen LogP contribution in [0.4, 0.5) is 5.69 Å². The molecule has 1 amide bonds. The van der Waals surface area contributed by atoms with Crippen LogP contribution in [0.1, 0.15) is 24.8 Å². The van der Waals surface area contributed by atoms with Gasteiger partial charge in [0.25, 0.3) is 0 Å². The molecule has 2 aliphatic carbocycles. The lowest BCUT2D eigenvalue weighted by atomic mass is 9.84. The number of amides is 1. The van der Waals surface area contributed by atoms with Crippen LogP contribution in [0.3, 0.4) is 0 Å². The first-order valence-electron chi connectivity index (χ1n) is 7.86. The summed E-state index contributed by atoms with van der Waals surface area (Å²) in [5.41, 5.74) is 8.52. The van der Waals surface area contributed by atoms with Gasteiger partial charge in [0.2, 0.25) is 5.91 Å². The Morgan fingerprint density at radius 3 is 2.48 bits per heavy atom. The fourth-order valence-electron chi connectivity index (χ4n) is 3.94. The quantitative estimate of drug-likeness (QED) is 0.887. The zero-order valence-corrected chi connectivity index (χ0v) is 12.9. The average Bonchev–Trinajstić information content (AvgIpc) is 3.06. The highest BCUT2D eigenvalue weighted by molar-refractivity contribution is 5.80. The lowest BCUT2D eigenvalue weighted by molar-refractivity contribution is -0.127. The minimum atomic E-state index is 0.0322. The van der Waals surface area contributed by atoms with Crippen LogP contribution >= 0.6 is 0 Å². The Kier molecular flexibility index (Phi) is 3.89. The van der Waals surface area contributed by atoms with Crippen molar-refractivity contribution >= 4 is 11.6 Å². The van der Waals surface area contributed by atoms with Crippen LogP contribution in [0, 0.1) is 17.8 Å². The number of nitrogens with one attached hydrogen (secondary N) is 1. The number of carbonyl (C=O) groups excluding carboxylic acids is 1. The van der Waals surface area contributed by atoms with Crippen molar-refractivity contribution in [2.45, 2.75) is 31.8 Å². The second-order valence-electron chi connectivity index (χ2n) is 6.72. The first kappa shape index (κ1) is 14.4. The highest BCUT2D eigenvalue weighted by Gasteiger charge is 2.48. The predicted octanol–water partition coefficient (Wildman–Crippen LogP) is 1.74. The van der Waals surface area contributed by atoms with Crippen LogP contribution in [0.25, 0.3) is 0 Å². The molecule has 0 saturated heterocycles. The maximum absolute atomic E-state index is 12.4. The minimum Gasteiger partial charge on any atom is -0.378 e. The molecule has 2 bridgehead atoms. The number of fused-ring (bicyclic) bond motifs is 2. The Labute approximate surface area is 126 Å². The lowest BCUT2D eigenvalue weighted by Gasteiger charge is -2.27. The van der Waals surface area contributed by atoms with Gasteiger partial charge < -0.3 is 16.0 Å². The van der Waals surface area contributed by atoms with Gasteiger partial charge in [-0.15, -0.1) is 0 Å². The number of nitrogens with zero attached hydrogens (tertiary/aromatic N) is 1. The summed E-state index contributed by atoms with van der Waals surface area (Å²) < 4.78 is 0. The molecule has 0 spiro atoms. The highest BCUT2D eigenvalue weighted by atomic mass is 16.1. The van der Waals surface area contributed by atoms with Gasteiger partial charge in [0.1, 0.15) is 0 Å². The Morgan fingerprint density at radius 2 is 1.90 bits per heavy atom. The summed E-state index contributed by atoms with van der Waals surface area (Å²) in [4.78, 5) is 14.5. The molecule has 1 aromatic carbocycles. The summed E-state index contributed by atoms with van der Waals surface area (Å²) in [5.74, 6) is 1.27. The molecule has 21 heavy (non-hydrogen) atoms. The van der Waals surface area contributed by atoms with E-state index in [1.807, 2.05) is 14.1 Å². The van der Waals surface area contributed by atoms with Crippen LogP contribution in [0.5, 0.6) is 0 Å². The van der Waals surface area contributed by atoms with Crippen molar-refractivity contribution in [2.75, 3.05) is 19.0 Å². The van der Waals surface area contributed by atoms with Gasteiger partial charge in [-0.25, -0.2) is 0 Å². The summed E-state index contributed by atoms with van der Waals surface area (Å²) in [6.07, 6.45) is 3.53. The van der Waals surface area contributed by atoms with Crippen molar-refractivity contribution in [2.24, 2.45) is 23.5 Å². The molecule has 4 heteroatoms. The van der Waals surface area contributed by atoms with Crippen LogP contribution in [-0.4, -0.2) is 26.0 Å². The minimum absolute atomic E-state index is 0.0322. The van der Waals surface area contributed by atoms with Crippen molar-refractivity contribution in [1.82, 2.24) is 5.32 Å². The first-order valence-corrected chi connectivity index (χ1v) is 7.86. The number of carbonyl (C=O) groups is 1. The number of nitrogens with two attached hydrogens (primary N) is 1. The summed E-state index contributed by atoms with van der Waals surface area (Å²) in [6, 6.07) is 8.35. The zero-order chi connectivity index (χ0) is 15.0. The topological polar surface area (TPSA) is 58.4 Å². The molecule has 0 aliphatic heterocycles. The molecule has 0 radical (unpaired) electrons. The van der Waals surface area contributed by atoms with E-state index in [-0.39, 0.29) is 17.9 Å². The maximum atomic E-state index is 12.4. The van der Waals surface area contributed by atoms with Crippen molar-refractivity contribution < 1.29 is 4.79 Å². The normalized spacial score (nSPS) is 30.4. The molecule has 3 rings (SSSR count). The predicted molar refractivity (Wildman–Crippen MR) is 84.9 cm³/mol. The van der Waals surface area contributed by atoms with E-state index in [0.29, 0.717) is 18.4 Å². The molecule has 4 atom stereocenters. The second-order valence-corrected chi connectivity index (χ2v) is 6.72. The van der Waals surface area contributed by atoms with Crippen LogP contribution in [0.2, 0.25) is 0 Å². The number of benzene rings is 1. The lowest BCUT2D eigenvalue weighted by Crippen LogP contribution is -2.45. The molecule has 4 unspecified atom stereocenters. The van der Waals surface area contributed by atoms with Gasteiger partial charge in [-0.1, -0.05) is 12.1 Å². The first-order chi connectivity index (χ1) is 10.1. The van der Waals surface area contributed by atoms with E-state index < -0.39 is 0 Å². The molecule has 2 saturated carbocycles. The number of hydrogen-bond acceptors (Lipinski definition) is 3. The van der Waals surface area contributed by atoms with Gasteiger partial charge in [-0.2, -0.15) is 0 Å². The third kappa shape index (κ3) is 2.77. The Hall–Kier alpha value is -1.55. The molecular formula is C17H25N3O. The molecule has 2 aliphatic rings. The number of rotatable bonds is 4. The molecular weight excluding hydrogens is 262 g/mol. The third-order valence-corrected chi connectivity index (χ3v) is 5.20. The van der Waals surface area contributed by atoms with Gasteiger partial charge in [-0.05, 0) is 48.8 Å². The molecule has 3 N–H and O–H groups in total. The van der Waals surface area contributed by atoms with Crippen LogP contribution in [-0.2, 0) is 11.3 Å². The number of hydrogen-bond donors (Lipinski definition) is 2. The van der Waals surface area contributed by atoms with Gasteiger partial charge in [0.05, 0.1) is 5.92 Å². The zero-order valence-electron chi connectivity index (χ0n) is 12.9. The summed E-state index contributed by atoms with van der Waals surface area (Å²) in [6.45, 7) is 0.590. The third-order valence-electron chi connectivity index (χ3n) is 5.20. The molecule has 114 valence electrons. The van der Waals surface area contributed by atoms with E-state index in [0.717, 1.165) is 12.0 Å². The highest BCUT2D eigenvalue weighted by Crippen LogP contribution is 2.47. The smallest absolute Gasteiger partial charge is 0.225 e. The largest absolute Gasteiger partial charge is 0.378 e. The molecule has 0 aromatic heterocycles. The summed E-state index contributed by atoms with van der Waals surface area (Å²) in [5, 5.41) is 3.07.